The molecule has 1 heterocycles. The van der Waals surface area contributed by atoms with E-state index in [0.29, 0.717) is 36.9 Å². The Hall–Kier alpha value is -1.73. The molecule has 158 valence electrons. The van der Waals surface area contributed by atoms with Crippen LogP contribution in [-0.4, -0.2) is 49.1 Å². The number of nitrogens with zero attached hydrogens (tertiary/aromatic N) is 1. The summed E-state index contributed by atoms with van der Waals surface area (Å²) in [6, 6.07) is 0. The van der Waals surface area contributed by atoms with Gasteiger partial charge in [-0.05, 0) is 56.8 Å². The second-order valence-electron chi connectivity index (χ2n) is 10.0. The van der Waals surface area contributed by atoms with E-state index >= 15 is 0 Å². The van der Waals surface area contributed by atoms with Crippen molar-refractivity contribution in [3.05, 3.63) is 11.1 Å². The number of carbonyl (C=O) groups is 2. The Bertz CT molecular complexity index is 838. The lowest BCUT2D eigenvalue weighted by molar-refractivity contribution is -0.826. The lowest BCUT2D eigenvalue weighted by Gasteiger charge is -2.62. The summed E-state index contributed by atoms with van der Waals surface area (Å²) >= 11 is 0. The molecular weight excluding hydrogens is 370 g/mol. The maximum atomic E-state index is 12.3. The molecule has 0 amide bonds. The fraction of sp³-hybridized carbons (Fsp3) is 0.773. The van der Waals surface area contributed by atoms with Crippen LogP contribution in [0.15, 0.2) is 16.1 Å². The van der Waals surface area contributed by atoms with E-state index in [1.807, 2.05) is 0 Å². The Labute approximate surface area is 171 Å². The highest BCUT2D eigenvalue weighted by Crippen LogP contribution is 2.79. The van der Waals surface area contributed by atoms with Gasteiger partial charge in [-0.2, -0.15) is 0 Å². The molecule has 7 atom stereocenters. The summed E-state index contributed by atoms with van der Waals surface area (Å²) in [5.74, 6) is -0.435. The number of nitrogens with one attached hydrogen (secondary N) is 1. The molecule has 4 N–H and O–H groups in total. The Morgan fingerprint density at radius 3 is 2.72 bits per heavy atom. The number of allylic oxidation sites excluding steroid dienone is 1. The minimum atomic E-state index is -1.93. The van der Waals surface area contributed by atoms with E-state index in [1.165, 1.54) is 4.90 Å². The van der Waals surface area contributed by atoms with Crippen LogP contribution in [0.4, 0.5) is 0 Å². The summed E-state index contributed by atoms with van der Waals surface area (Å²) < 4.78 is 0. The SMILES string of the molecule is CN=C(N)[NH+]1CCCC2(C1)C1CCC3CCCC4C(O)(C=O)C(C(=O)[O-])=C(C1)C342. The van der Waals surface area contributed by atoms with Crippen LogP contribution in [0.3, 0.4) is 0 Å². The number of rotatable bonds is 2. The van der Waals surface area contributed by atoms with E-state index in [9.17, 15) is 19.8 Å². The van der Waals surface area contributed by atoms with Crippen molar-refractivity contribution in [2.75, 3.05) is 20.1 Å². The highest BCUT2D eigenvalue weighted by atomic mass is 16.4. The van der Waals surface area contributed by atoms with Gasteiger partial charge in [0.2, 0.25) is 0 Å². The van der Waals surface area contributed by atoms with Gasteiger partial charge < -0.3 is 20.7 Å². The van der Waals surface area contributed by atoms with Crippen LogP contribution >= 0.6 is 0 Å². The number of quaternary nitrogens is 1. The van der Waals surface area contributed by atoms with Crippen LogP contribution in [0.1, 0.15) is 51.4 Å². The lowest BCUT2D eigenvalue weighted by Crippen LogP contribution is -3.18. The number of likely N-dealkylation sites (tertiary alicyclic amines) is 1. The van der Waals surface area contributed by atoms with Gasteiger partial charge in [0, 0.05) is 29.4 Å². The van der Waals surface area contributed by atoms with Crippen molar-refractivity contribution in [2.45, 2.75) is 57.0 Å². The molecule has 0 aromatic heterocycles. The molecule has 2 spiro atoms. The van der Waals surface area contributed by atoms with Crippen LogP contribution in [0.5, 0.6) is 0 Å². The molecule has 29 heavy (non-hydrogen) atoms. The van der Waals surface area contributed by atoms with Crippen LogP contribution < -0.4 is 15.7 Å². The standard InChI is InChI=1S/C22H31N3O4/c1-24-19(23)25-9-3-8-20(11-25)14-7-6-13-4-2-5-16-21(29,12-26)17(18(27)28)15(10-14)22(13,16)20/h12-14,16,29H,2-11H2,1H3,(H2,23,24)(H,27,28). The quantitative estimate of drug-likeness (QED) is 0.305. The topological polar surface area (TPSA) is 120 Å². The smallest absolute Gasteiger partial charge is 0.293 e. The number of carbonyl (C=O) groups excluding carboxylic acids is 2. The van der Waals surface area contributed by atoms with E-state index in [-0.39, 0.29) is 16.9 Å². The van der Waals surface area contributed by atoms with Gasteiger partial charge in [0.1, 0.15) is 5.60 Å². The van der Waals surface area contributed by atoms with Crippen LogP contribution in [-0.2, 0) is 9.59 Å². The Balaban J connectivity index is 1.76. The van der Waals surface area contributed by atoms with Gasteiger partial charge in [0.15, 0.2) is 6.29 Å². The summed E-state index contributed by atoms with van der Waals surface area (Å²) in [5.41, 5.74) is 4.52. The summed E-state index contributed by atoms with van der Waals surface area (Å²) in [4.78, 5) is 29.9. The first kappa shape index (κ1) is 19.2. The van der Waals surface area contributed by atoms with E-state index in [1.54, 1.807) is 7.05 Å². The minimum absolute atomic E-state index is 0.0996. The third kappa shape index (κ3) is 2.03. The molecule has 0 radical (unpaired) electrons. The Kier molecular flexibility index (Phi) is 4.07. The van der Waals surface area contributed by atoms with Crippen molar-refractivity contribution in [1.82, 2.24) is 0 Å². The van der Waals surface area contributed by atoms with E-state index in [0.717, 1.165) is 57.2 Å². The number of carboxylic acids is 1. The predicted octanol–water partition coefficient (Wildman–Crippen LogP) is -1.20. The zero-order valence-corrected chi connectivity index (χ0v) is 17.1. The highest BCUT2D eigenvalue weighted by Gasteiger charge is 2.78. The number of piperidine rings is 1. The number of nitrogens with two attached hydrogens (primary N) is 1. The van der Waals surface area contributed by atoms with Crippen LogP contribution in [0.25, 0.3) is 0 Å². The van der Waals surface area contributed by atoms with Crippen molar-refractivity contribution in [1.29, 1.82) is 0 Å². The number of hydrogen-bond acceptors (Lipinski definition) is 5. The Morgan fingerprint density at radius 1 is 1.28 bits per heavy atom. The van der Waals surface area contributed by atoms with Gasteiger partial charge in [-0.15, -0.1) is 0 Å². The fourth-order valence-corrected chi connectivity index (χ4v) is 8.89. The third-order valence-electron chi connectivity index (χ3n) is 9.51. The van der Waals surface area contributed by atoms with Crippen molar-refractivity contribution >= 4 is 18.2 Å². The van der Waals surface area contributed by atoms with E-state index in [4.69, 9.17) is 5.73 Å². The minimum Gasteiger partial charge on any atom is -0.545 e. The monoisotopic (exact) mass is 401 g/mol. The number of aliphatic imine (C=N–C) groups is 1. The normalized spacial score (nSPS) is 48.7. The summed E-state index contributed by atoms with van der Waals surface area (Å²) in [7, 11) is 1.71. The first-order chi connectivity index (χ1) is 13.9. The molecule has 7 unspecified atom stereocenters. The first-order valence-corrected chi connectivity index (χ1v) is 11.1. The van der Waals surface area contributed by atoms with Crippen molar-refractivity contribution in [2.24, 2.45) is 39.3 Å². The summed E-state index contributed by atoms with van der Waals surface area (Å²) in [6.45, 7) is 1.74. The summed E-state index contributed by atoms with van der Waals surface area (Å²) in [6.07, 6.45) is 7.95. The van der Waals surface area contributed by atoms with Gasteiger partial charge in [0.05, 0.1) is 19.1 Å². The van der Waals surface area contributed by atoms with Crippen molar-refractivity contribution in [3.8, 4) is 0 Å². The number of carboxylic acid groups (broad SMARTS) is 1. The molecule has 5 rings (SSSR count). The molecule has 0 aromatic carbocycles. The second-order valence-corrected chi connectivity index (χ2v) is 10.0. The molecule has 2 bridgehead atoms. The number of hydrogen-bond donors (Lipinski definition) is 3. The molecule has 3 saturated carbocycles. The van der Waals surface area contributed by atoms with Gasteiger partial charge in [0.25, 0.3) is 5.96 Å². The van der Waals surface area contributed by atoms with Crippen molar-refractivity contribution in [3.63, 3.8) is 0 Å². The highest BCUT2D eigenvalue weighted by molar-refractivity contribution is 5.97. The Morgan fingerprint density at radius 2 is 2.03 bits per heavy atom. The lowest BCUT2D eigenvalue weighted by atomic mass is 9.42. The number of aliphatic carboxylic acids is 1. The average molecular weight is 402 g/mol. The molecule has 0 aromatic rings. The molecule has 5 aliphatic rings. The molecule has 7 heteroatoms. The first-order valence-electron chi connectivity index (χ1n) is 11.1. The number of guanidine groups is 1. The second kappa shape index (κ2) is 6.14. The van der Waals surface area contributed by atoms with E-state index < -0.39 is 17.0 Å². The third-order valence-corrected chi connectivity index (χ3v) is 9.51. The molecule has 1 aliphatic heterocycles. The fourth-order valence-electron chi connectivity index (χ4n) is 8.89. The van der Waals surface area contributed by atoms with Gasteiger partial charge in [-0.25, -0.2) is 4.99 Å². The molecule has 7 nitrogen and oxygen atoms in total. The maximum absolute atomic E-state index is 12.3. The largest absolute Gasteiger partial charge is 0.545 e. The molecule has 1 saturated heterocycles. The molecule has 4 aliphatic carbocycles. The van der Waals surface area contributed by atoms with Crippen LogP contribution in [0, 0.1) is 28.6 Å². The van der Waals surface area contributed by atoms with Crippen molar-refractivity contribution < 1.29 is 24.7 Å². The molecular formula is C22H31N3O4. The van der Waals surface area contributed by atoms with E-state index in [2.05, 4.69) is 4.99 Å². The van der Waals surface area contributed by atoms with Gasteiger partial charge in [-0.1, -0.05) is 12.0 Å². The maximum Gasteiger partial charge on any atom is 0.293 e. The number of aliphatic hydroxyl groups is 1. The predicted molar refractivity (Wildman–Crippen MR) is 104 cm³/mol. The van der Waals surface area contributed by atoms with Gasteiger partial charge >= 0.3 is 0 Å². The summed E-state index contributed by atoms with van der Waals surface area (Å²) in [5, 5.41) is 23.7. The zero-order chi connectivity index (χ0) is 20.6. The van der Waals surface area contributed by atoms with Gasteiger partial charge in [-0.3, -0.25) is 9.69 Å². The van der Waals surface area contributed by atoms with Crippen LogP contribution in [0.2, 0.25) is 0 Å². The zero-order valence-electron chi connectivity index (χ0n) is 17.1. The average Bonchev–Trinajstić information content (AvgIpc) is 3.00. The molecule has 4 fully saturated rings. The number of aldehydes is 1.